The van der Waals surface area contributed by atoms with E-state index in [9.17, 15) is 32.6 Å². The zero-order valence-electron chi connectivity index (χ0n) is 17.9. The molecule has 1 atom stereocenters. The van der Waals surface area contributed by atoms with Crippen LogP contribution >= 0.6 is 0 Å². The number of hydrogen-bond acceptors (Lipinski definition) is 3. The molecule has 0 saturated heterocycles. The molecule has 178 valence electrons. The number of hydrogen-bond donors (Lipinski definition) is 2. The minimum atomic E-state index is -5.08. The Hall–Kier alpha value is -4.18. The van der Waals surface area contributed by atoms with Crippen molar-refractivity contribution in [2.75, 3.05) is 0 Å². The molecule has 6 nitrogen and oxygen atoms in total. The van der Waals surface area contributed by atoms with E-state index in [0.29, 0.717) is 16.6 Å². The molecule has 10 heteroatoms. The average Bonchev–Trinajstić information content (AvgIpc) is 3.40. The third kappa shape index (κ3) is 3.71. The number of nitrogens with zero attached hydrogens (tertiary/aromatic N) is 3. The van der Waals surface area contributed by atoms with Gasteiger partial charge in [-0.3, -0.25) is 0 Å². The normalized spacial score (nSPS) is 13.9. The Morgan fingerprint density at radius 1 is 0.971 bits per heavy atom. The maximum Gasteiger partial charge on any atom is 0.423 e. The molecule has 0 fully saturated rings. The lowest BCUT2D eigenvalue weighted by Crippen LogP contribution is -2.45. The van der Waals surface area contributed by atoms with Gasteiger partial charge in [-0.1, -0.05) is 24.3 Å². The topological polar surface area (TPSA) is 80.3 Å². The van der Waals surface area contributed by atoms with E-state index in [-0.39, 0.29) is 16.5 Å². The number of carboxylic acids is 1. The fourth-order valence-corrected chi connectivity index (χ4v) is 4.22. The number of aliphatic hydroxyl groups is 1. The van der Waals surface area contributed by atoms with Crippen molar-refractivity contribution in [3.05, 3.63) is 96.1 Å². The molecule has 1 unspecified atom stereocenters. The molecule has 0 aliphatic carbocycles. The van der Waals surface area contributed by atoms with Crippen LogP contribution < -0.4 is 0 Å². The van der Waals surface area contributed by atoms with Gasteiger partial charge in [0.25, 0.3) is 0 Å². The van der Waals surface area contributed by atoms with Crippen molar-refractivity contribution in [1.82, 2.24) is 14.3 Å². The van der Waals surface area contributed by atoms with E-state index >= 15 is 0 Å². The first-order valence-corrected chi connectivity index (χ1v) is 10.4. The second-order valence-corrected chi connectivity index (χ2v) is 8.16. The zero-order chi connectivity index (χ0) is 25.0. The molecule has 0 amide bonds. The fraction of sp³-hybridized carbons (Fsp3) is 0.120. The Kier molecular flexibility index (Phi) is 5.13. The maximum absolute atomic E-state index is 14.3. The Labute approximate surface area is 195 Å². The van der Waals surface area contributed by atoms with E-state index in [1.165, 1.54) is 59.4 Å². The van der Waals surface area contributed by atoms with Crippen LogP contribution in [0, 0.1) is 5.82 Å². The molecule has 0 radical (unpaired) electrons. The van der Waals surface area contributed by atoms with Crippen molar-refractivity contribution in [2.24, 2.45) is 0 Å². The van der Waals surface area contributed by atoms with Crippen molar-refractivity contribution >= 4 is 27.8 Å². The van der Waals surface area contributed by atoms with Crippen LogP contribution in [0.3, 0.4) is 0 Å². The Morgan fingerprint density at radius 3 is 2.37 bits per heavy atom. The Balaban J connectivity index is 1.61. The zero-order valence-corrected chi connectivity index (χ0v) is 17.9. The summed E-state index contributed by atoms with van der Waals surface area (Å²) in [6.45, 7) is -0.956. The lowest BCUT2D eigenvalue weighted by Gasteiger charge is -2.31. The van der Waals surface area contributed by atoms with Gasteiger partial charge in [0.2, 0.25) is 5.60 Å². The van der Waals surface area contributed by atoms with E-state index < -0.39 is 35.7 Å². The highest BCUT2D eigenvalue weighted by Gasteiger charge is 2.55. The highest BCUT2D eigenvalue weighted by molar-refractivity contribution is 6.03. The maximum atomic E-state index is 14.3. The largest absolute Gasteiger partial charge is 0.478 e. The van der Waals surface area contributed by atoms with Crippen molar-refractivity contribution in [3.63, 3.8) is 0 Å². The summed E-state index contributed by atoms with van der Waals surface area (Å²) in [4.78, 5) is 11.6. The number of alkyl halides is 3. The number of benzene rings is 3. The number of halogens is 4. The predicted molar refractivity (Wildman–Crippen MR) is 120 cm³/mol. The van der Waals surface area contributed by atoms with E-state index in [2.05, 4.69) is 5.10 Å². The lowest BCUT2D eigenvalue weighted by molar-refractivity contribution is -0.271. The summed E-state index contributed by atoms with van der Waals surface area (Å²) in [6.07, 6.45) is -2.64. The second-order valence-electron chi connectivity index (χ2n) is 8.16. The van der Waals surface area contributed by atoms with Crippen LogP contribution in [-0.2, 0) is 12.1 Å². The van der Waals surface area contributed by atoms with Crippen molar-refractivity contribution < 1.29 is 32.6 Å². The molecule has 35 heavy (non-hydrogen) atoms. The molecule has 0 bridgehead atoms. The minimum absolute atomic E-state index is 0.166. The molecular weight excluding hydrogens is 466 g/mol. The Bertz CT molecular complexity index is 1570. The summed E-state index contributed by atoms with van der Waals surface area (Å²) < 4.78 is 58.7. The van der Waals surface area contributed by atoms with Gasteiger partial charge in [-0.15, -0.1) is 0 Å². The highest BCUT2D eigenvalue weighted by Crippen LogP contribution is 2.42. The molecule has 0 aliphatic rings. The van der Waals surface area contributed by atoms with Gasteiger partial charge < -0.3 is 14.8 Å². The summed E-state index contributed by atoms with van der Waals surface area (Å²) in [5.74, 6) is -1.73. The van der Waals surface area contributed by atoms with Crippen LogP contribution in [0.2, 0.25) is 0 Å². The standard InChI is InChI=1S/C25H17F4N3O3/c26-17-6-8-18(9-7-17)32-21-10-5-16(11-15(21)12-30-32)24(35,25(27,28)29)14-31-13-20(23(33)34)19-3-1-2-4-22(19)31/h1-13,35H,14H2,(H,33,34). The van der Waals surface area contributed by atoms with E-state index in [1.54, 1.807) is 12.1 Å². The number of para-hydroxylation sites is 1. The average molecular weight is 483 g/mol. The van der Waals surface area contributed by atoms with Crippen LogP contribution in [0.4, 0.5) is 17.6 Å². The van der Waals surface area contributed by atoms with Gasteiger partial charge in [-0.2, -0.15) is 18.3 Å². The highest BCUT2D eigenvalue weighted by atomic mass is 19.4. The van der Waals surface area contributed by atoms with Gasteiger partial charge in [0.15, 0.2) is 0 Å². The quantitative estimate of drug-likeness (QED) is 0.334. The molecule has 2 heterocycles. The van der Waals surface area contributed by atoms with Gasteiger partial charge in [0, 0.05) is 22.5 Å². The van der Waals surface area contributed by atoms with Crippen molar-refractivity contribution in [1.29, 1.82) is 0 Å². The van der Waals surface area contributed by atoms with Crippen LogP contribution in [0.25, 0.3) is 27.5 Å². The number of carbonyl (C=O) groups is 1. The summed E-state index contributed by atoms with van der Waals surface area (Å²) in [7, 11) is 0. The molecule has 5 rings (SSSR count). The smallest absolute Gasteiger partial charge is 0.423 e. The monoisotopic (exact) mass is 483 g/mol. The molecule has 5 aromatic rings. The number of rotatable bonds is 5. The summed E-state index contributed by atoms with van der Waals surface area (Å²) in [6, 6.07) is 15.4. The molecule has 0 aliphatic heterocycles. The first-order valence-electron chi connectivity index (χ1n) is 10.4. The Morgan fingerprint density at radius 2 is 1.69 bits per heavy atom. The van der Waals surface area contributed by atoms with E-state index in [4.69, 9.17) is 0 Å². The molecule has 3 aromatic carbocycles. The first-order chi connectivity index (χ1) is 16.6. The molecule has 2 aromatic heterocycles. The summed E-state index contributed by atoms with van der Waals surface area (Å²) in [5.41, 5.74) is -2.69. The van der Waals surface area contributed by atoms with Crippen LogP contribution in [0.15, 0.2) is 79.1 Å². The third-order valence-electron chi connectivity index (χ3n) is 6.00. The summed E-state index contributed by atoms with van der Waals surface area (Å²) >= 11 is 0. The predicted octanol–water partition coefficient (Wildman–Crippen LogP) is 5.27. The van der Waals surface area contributed by atoms with E-state index in [0.717, 1.165) is 16.8 Å². The van der Waals surface area contributed by atoms with Crippen molar-refractivity contribution in [3.8, 4) is 5.69 Å². The number of carboxylic acid groups (broad SMARTS) is 1. The fourth-order valence-electron chi connectivity index (χ4n) is 4.22. The molecular formula is C25H17F4N3O3. The van der Waals surface area contributed by atoms with Crippen LogP contribution in [-0.4, -0.2) is 36.7 Å². The minimum Gasteiger partial charge on any atom is -0.478 e. The van der Waals surface area contributed by atoms with Crippen molar-refractivity contribution in [2.45, 2.75) is 18.3 Å². The van der Waals surface area contributed by atoms with Crippen LogP contribution in [0.5, 0.6) is 0 Å². The van der Waals surface area contributed by atoms with Crippen LogP contribution in [0.1, 0.15) is 15.9 Å². The molecule has 0 spiro atoms. The SMILES string of the molecule is O=C(O)c1cn(CC(O)(c2ccc3c(cnn3-c3ccc(F)cc3)c2)C(F)(F)F)c2ccccc12. The molecule has 2 N–H and O–H groups in total. The first kappa shape index (κ1) is 22.6. The van der Waals surface area contributed by atoms with Gasteiger partial charge >= 0.3 is 12.1 Å². The lowest BCUT2D eigenvalue weighted by atomic mass is 9.91. The second kappa shape index (κ2) is 7.95. The number of aromatic carboxylic acids is 1. The summed E-state index contributed by atoms with van der Waals surface area (Å²) in [5, 5.41) is 25.3. The third-order valence-corrected chi connectivity index (χ3v) is 6.00. The number of aromatic nitrogens is 3. The van der Waals surface area contributed by atoms with Gasteiger partial charge in [0.1, 0.15) is 5.82 Å². The van der Waals surface area contributed by atoms with E-state index in [1.807, 2.05) is 0 Å². The van der Waals surface area contributed by atoms with Gasteiger partial charge in [-0.05, 0) is 48.0 Å². The molecule has 0 saturated carbocycles. The number of fused-ring (bicyclic) bond motifs is 2. The van der Waals surface area contributed by atoms with Gasteiger partial charge in [0.05, 0.1) is 29.5 Å². The van der Waals surface area contributed by atoms with Gasteiger partial charge in [-0.25, -0.2) is 13.9 Å².